The van der Waals surface area contributed by atoms with Crippen LogP contribution in [0.2, 0.25) is 0 Å². The zero-order valence-corrected chi connectivity index (χ0v) is 19.4. The van der Waals surface area contributed by atoms with Crippen LogP contribution in [-0.2, 0) is 18.8 Å². The van der Waals surface area contributed by atoms with Crippen LogP contribution in [0.4, 0.5) is 0 Å². The zero-order valence-electron chi connectivity index (χ0n) is 18.5. The normalized spacial score (nSPS) is 20.0. The summed E-state index contributed by atoms with van der Waals surface area (Å²) in [4.78, 5) is 0. The molecule has 0 unspecified atom stereocenters. The van der Waals surface area contributed by atoms with Crippen LogP contribution in [0.5, 0.6) is 5.75 Å². The SMILES string of the molecule is CCOP(=O)(OCC)C(c1ccccc1OC)(C1CCCCC1)C1CCCCC1. The topological polar surface area (TPSA) is 44.8 Å². The Kier molecular flexibility index (Phi) is 8.24. The van der Waals surface area contributed by atoms with Crippen LogP contribution in [0.3, 0.4) is 0 Å². The van der Waals surface area contributed by atoms with Crippen LogP contribution in [0.25, 0.3) is 0 Å². The molecule has 0 aliphatic heterocycles. The van der Waals surface area contributed by atoms with Gasteiger partial charge in [-0.05, 0) is 57.4 Å². The van der Waals surface area contributed by atoms with E-state index in [0.29, 0.717) is 25.0 Å². The van der Waals surface area contributed by atoms with Crippen molar-refractivity contribution in [2.24, 2.45) is 11.8 Å². The average molecular weight is 423 g/mol. The molecule has 2 aliphatic carbocycles. The maximum absolute atomic E-state index is 14.8. The molecule has 164 valence electrons. The molecule has 29 heavy (non-hydrogen) atoms. The number of hydrogen-bond acceptors (Lipinski definition) is 4. The van der Waals surface area contributed by atoms with Crippen molar-refractivity contribution >= 4 is 7.60 Å². The molecule has 0 saturated heterocycles. The van der Waals surface area contributed by atoms with E-state index < -0.39 is 12.8 Å². The van der Waals surface area contributed by atoms with E-state index in [4.69, 9.17) is 13.8 Å². The molecule has 0 amide bonds. The van der Waals surface area contributed by atoms with E-state index in [0.717, 1.165) is 37.0 Å². The van der Waals surface area contributed by atoms with Gasteiger partial charge in [-0.25, -0.2) is 0 Å². The molecule has 2 saturated carbocycles. The van der Waals surface area contributed by atoms with Crippen molar-refractivity contribution in [3.05, 3.63) is 29.8 Å². The summed E-state index contributed by atoms with van der Waals surface area (Å²) in [6.07, 6.45) is 11.6. The van der Waals surface area contributed by atoms with Gasteiger partial charge in [0.1, 0.15) is 10.9 Å². The first-order valence-electron chi connectivity index (χ1n) is 11.7. The maximum atomic E-state index is 14.8. The van der Waals surface area contributed by atoms with E-state index in [9.17, 15) is 4.57 Å². The van der Waals surface area contributed by atoms with E-state index in [1.54, 1.807) is 7.11 Å². The Morgan fingerprint density at radius 2 is 1.34 bits per heavy atom. The Balaban J connectivity index is 2.29. The third kappa shape index (κ3) is 4.31. The summed E-state index contributed by atoms with van der Waals surface area (Å²) < 4.78 is 33.0. The molecule has 4 nitrogen and oxygen atoms in total. The lowest BCUT2D eigenvalue weighted by Crippen LogP contribution is -2.45. The third-order valence-corrected chi connectivity index (χ3v) is 10.1. The van der Waals surface area contributed by atoms with Crippen molar-refractivity contribution in [2.45, 2.75) is 83.2 Å². The molecule has 3 rings (SSSR count). The third-order valence-electron chi connectivity index (χ3n) is 7.04. The van der Waals surface area contributed by atoms with Crippen LogP contribution in [0.15, 0.2) is 24.3 Å². The van der Waals surface area contributed by atoms with Gasteiger partial charge >= 0.3 is 7.60 Å². The Bertz CT molecular complexity index is 649. The second-order valence-electron chi connectivity index (χ2n) is 8.53. The van der Waals surface area contributed by atoms with Gasteiger partial charge in [-0.1, -0.05) is 56.7 Å². The quantitative estimate of drug-likeness (QED) is 0.391. The predicted molar refractivity (Wildman–Crippen MR) is 119 cm³/mol. The lowest BCUT2D eigenvalue weighted by molar-refractivity contribution is 0.104. The van der Waals surface area contributed by atoms with Crippen LogP contribution in [0, 0.1) is 11.8 Å². The Morgan fingerprint density at radius 1 is 0.862 bits per heavy atom. The largest absolute Gasteiger partial charge is 0.496 e. The first-order chi connectivity index (χ1) is 14.1. The molecule has 2 aliphatic rings. The lowest BCUT2D eigenvalue weighted by Gasteiger charge is -2.52. The number of benzene rings is 1. The minimum Gasteiger partial charge on any atom is -0.496 e. The minimum atomic E-state index is -3.44. The van der Waals surface area contributed by atoms with Gasteiger partial charge in [-0.3, -0.25) is 4.57 Å². The number of para-hydroxylation sites is 1. The lowest BCUT2D eigenvalue weighted by atomic mass is 9.66. The first kappa shape index (κ1) is 22.8. The fraction of sp³-hybridized carbons (Fsp3) is 0.750. The second kappa shape index (κ2) is 10.5. The summed E-state index contributed by atoms with van der Waals surface area (Å²) >= 11 is 0. The number of methoxy groups -OCH3 is 1. The molecule has 1 aromatic rings. The summed E-state index contributed by atoms with van der Waals surface area (Å²) in [5.74, 6) is 1.41. The highest BCUT2D eigenvalue weighted by Crippen LogP contribution is 2.75. The molecule has 0 heterocycles. The molecular weight excluding hydrogens is 383 g/mol. The molecule has 0 atom stereocenters. The van der Waals surface area contributed by atoms with Crippen LogP contribution < -0.4 is 4.74 Å². The van der Waals surface area contributed by atoms with Crippen LogP contribution >= 0.6 is 7.60 Å². The van der Waals surface area contributed by atoms with Gasteiger partial charge in [-0.2, -0.15) is 0 Å². The Hall–Kier alpha value is -0.830. The molecule has 5 heteroatoms. The van der Waals surface area contributed by atoms with Gasteiger partial charge < -0.3 is 13.8 Å². The standard InChI is InChI=1S/C24H39O4P/c1-4-27-29(25,28-5-2)24(20-14-8-6-9-15-20,21-16-10-7-11-17-21)22-18-12-13-19-23(22)26-3/h12-13,18-21H,4-11,14-17H2,1-3H3. The van der Waals surface area contributed by atoms with Gasteiger partial charge in [0.2, 0.25) is 0 Å². The summed E-state index contributed by atoms with van der Waals surface area (Å²) in [6.45, 7) is 4.65. The first-order valence-corrected chi connectivity index (χ1v) is 13.2. The van der Waals surface area contributed by atoms with Gasteiger partial charge in [0, 0.05) is 5.56 Å². The van der Waals surface area contributed by atoms with Gasteiger partial charge in [0.05, 0.1) is 20.3 Å². The minimum absolute atomic E-state index is 0.291. The molecule has 2 fully saturated rings. The molecule has 0 N–H and O–H groups in total. The molecule has 0 radical (unpaired) electrons. The monoisotopic (exact) mass is 422 g/mol. The molecule has 1 aromatic carbocycles. The highest BCUT2D eigenvalue weighted by molar-refractivity contribution is 7.55. The number of hydrogen-bond donors (Lipinski definition) is 0. The zero-order chi connectivity index (χ0) is 20.7. The highest BCUT2D eigenvalue weighted by Gasteiger charge is 2.61. The molecule has 0 bridgehead atoms. The van der Waals surface area contributed by atoms with E-state index in [1.165, 1.54) is 38.5 Å². The molecular formula is C24H39O4P. The van der Waals surface area contributed by atoms with Gasteiger partial charge in [-0.15, -0.1) is 0 Å². The van der Waals surface area contributed by atoms with E-state index in [-0.39, 0.29) is 0 Å². The van der Waals surface area contributed by atoms with Crippen molar-refractivity contribution in [1.29, 1.82) is 0 Å². The number of ether oxygens (including phenoxy) is 1. The summed E-state index contributed by atoms with van der Waals surface area (Å²) in [6, 6.07) is 8.20. The fourth-order valence-corrected chi connectivity index (χ4v) is 9.09. The second-order valence-corrected chi connectivity index (χ2v) is 10.8. The average Bonchev–Trinajstić information content (AvgIpc) is 2.76. The van der Waals surface area contributed by atoms with Crippen molar-refractivity contribution in [2.75, 3.05) is 20.3 Å². The number of rotatable bonds is 9. The van der Waals surface area contributed by atoms with Gasteiger partial charge in [0.25, 0.3) is 0 Å². The van der Waals surface area contributed by atoms with Crippen LogP contribution in [-0.4, -0.2) is 20.3 Å². The van der Waals surface area contributed by atoms with E-state index >= 15 is 0 Å². The molecule has 0 spiro atoms. The Labute approximate surface area is 177 Å². The highest BCUT2D eigenvalue weighted by atomic mass is 31.2. The fourth-order valence-electron chi connectivity index (χ4n) is 6.02. The van der Waals surface area contributed by atoms with Crippen molar-refractivity contribution in [1.82, 2.24) is 0 Å². The van der Waals surface area contributed by atoms with Crippen LogP contribution in [0.1, 0.15) is 83.6 Å². The molecule has 0 aromatic heterocycles. The van der Waals surface area contributed by atoms with Crippen molar-refractivity contribution in [3.63, 3.8) is 0 Å². The predicted octanol–water partition coefficient (Wildman–Crippen LogP) is 7.32. The van der Waals surface area contributed by atoms with Crippen molar-refractivity contribution in [3.8, 4) is 5.75 Å². The summed E-state index contributed by atoms with van der Waals surface area (Å²) in [5, 5.41) is -0.632. The summed E-state index contributed by atoms with van der Waals surface area (Å²) in [7, 11) is -1.72. The maximum Gasteiger partial charge on any atom is 0.341 e. The smallest absolute Gasteiger partial charge is 0.341 e. The van der Waals surface area contributed by atoms with Crippen molar-refractivity contribution < 1.29 is 18.3 Å². The van der Waals surface area contributed by atoms with E-state index in [1.807, 2.05) is 26.0 Å². The Morgan fingerprint density at radius 3 is 1.79 bits per heavy atom. The van der Waals surface area contributed by atoms with E-state index in [2.05, 4.69) is 12.1 Å². The van der Waals surface area contributed by atoms with Gasteiger partial charge in [0.15, 0.2) is 0 Å². The summed E-state index contributed by atoms with van der Waals surface area (Å²) in [5.41, 5.74) is 1.05.